The molecule has 2 fully saturated rings. The summed E-state index contributed by atoms with van der Waals surface area (Å²) in [7, 11) is 1.85. The molecule has 2 heteroatoms. The number of nitrogens with one attached hydrogen (secondary N) is 1. The third kappa shape index (κ3) is 3.96. The Hall–Kier alpha value is -0.0800. The Morgan fingerprint density at radius 2 is 1.41 bits per heavy atom. The van der Waals surface area contributed by atoms with E-state index >= 15 is 0 Å². The Kier molecular flexibility index (Phi) is 4.48. The number of hydrogen-bond acceptors (Lipinski definition) is 2. The molecular weight excluding hydrogens is 210 g/mol. The molecule has 0 saturated heterocycles. The third-order valence-electron chi connectivity index (χ3n) is 4.82. The minimum atomic E-state index is 0.526. The predicted octanol–water partition coefficient (Wildman–Crippen LogP) is 3.50. The van der Waals surface area contributed by atoms with Crippen molar-refractivity contribution in [2.75, 3.05) is 7.11 Å². The van der Waals surface area contributed by atoms with Crippen LogP contribution in [-0.4, -0.2) is 25.3 Å². The van der Waals surface area contributed by atoms with Crippen LogP contribution >= 0.6 is 0 Å². The SMILES string of the molecule is COC1CCC(NC2CCC(C)(C)CC2)CC1. The van der Waals surface area contributed by atoms with E-state index in [2.05, 4.69) is 19.2 Å². The van der Waals surface area contributed by atoms with E-state index in [1.54, 1.807) is 0 Å². The molecule has 2 saturated carbocycles. The maximum absolute atomic E-state index is 5.43. The summed E-state index contributed by atoms with van der Waals surface area (Å²) in [6.07, 6.45) is 11.1. The van der Waals surface area contributed by atoms with Crippen LogP contribution in [-0.2, 0) is 4.74 Å². The van der Waals surface area contributed by atoms with Crippen molar-refractivity contribution in [3.05, 3.63) is 0 Å². The van der Waals surface area contributed by atoms with Gasteiger partial charge in [-0.3, -0.25) is 0 Å². The van der Waals surface area contributed by atoms with Crippen molar-refractivity contribution in [2.24, 2.45) is 5.41 Å². The molecule has 0 amide bonds. The van der Waals surface area contributed by atoms with Gasteiger partial charge in [0, 0.05) is 19.2 Å². The second kappa shape index (κ2) is 5.71. The molecule has 2 aliphatic carbocycles. The van der Waals surface area contributed by atoms with E-state index in [1.807, 2.05) is 7.11 Å². The molecule has 0 aliphatic heterocycles. The molecule has 17 heavy (non-hydrogen) atoms. The van der Waals surface area contributed by atoms with Gasteiger partial charge < -0.3 is 10.1 Å². The largest absolute Gasteiger partial charge is 0.381 e. The lowest BCUT2D eigenvalue weighted by atomic mass is 9.75. The van der Waals surface area contributed by atoms with Crippen molar-refractivity contribution in [3.8, 4) is 0 Å². The van der Waals surface area contributed by atoms with Crippen LogP contribution in [0.5, 0.6) is 0 Å². The molecule has 1 N–H and O–H groups in total. The molecule has 2 nitrogen and oxygen atoms in total. The lowest BCUT2D eigenvalue weighted by molar-refractivity contribution is 0.0592. The van der Waals surface area contributed by atoms with Crippen molar-refractivity contribution in [2.45, 2.75) is 83.4 Å². The molecule has 0 aromatic rings. The second-order valence-corrected chi connectivity index (χ2v) is 6.81. The van der Waals surface area contributed by atoms with Gasteiger partial charge in [0.15, 0.2) is 0 Å². The number of methoxy groups -OCH3 is 1. The van der Waals surface area contributed by atoms with Crippen molar-refractivity contribution >= 4 is 0 Å². The molecular formula is C15H29NO. The highest BCUT2D eigenvalue weighted by molar-refractivity contribution is 4.86. The smallest absolute Gasteiger partial charge is 0.0572 e. The van der Waals surface area contributed by atoms with Gasteiger partial charge in [-0.25, -0.2) is 0 Å². The first kappa shape index (κ1) is 13.4. The van der Waals surface area contributed by atoms with E-state index in [-0.39, 0.29) is 0 Å². The van der Waals surface area contributed by atoms with Crippen molar-refractivity contribution in [1.82, 2.24) is 5.32 Å². The van der Waals surface area contributed by atoms with E-state index in [1.165, 1.54) is 51.4 Å². The first-order valence-electron chi connectivity index (χ1n) is 7.38. The van der Waals surface area contributed by atoms with E-state index < -0.39 is 0 Å². The number of ether oxygens (including phenoxy) is 1. The topological polar surface area (TPSA) is 21.3 Å². The zero-order valence-corrected chi connectivity index (χ0v) is 11.8. The monoisotopic (exact) mass is 239 g/mol. The summed E-state index contributed by atoms with van der Waals surface area (Å²) in [5.74, 6) is 0. The molecule has 0 spiro atoms. The van der Waals surface area contributed by atoms with Gasteiger partial charge in [0.05, 0.1) is 6.10 Å². The highest BCUT2D eigenvalue weighted by atomic mass is 16.5. The summed E-state index contributed by atoms with van der Waals surface area (Å²) in [5.41, 5.74) is 0.589. The van der Waals surface area contributed by atoms with Gasteiger partial charge >= 0.3 is 0 Å². The van der Waals surface area contributed by atoms with Crippen LogP contribution in [0.15, 0.2) is 0 Å². The summed E-state index contributed by atoms with van der Waals surface area (Å²) in [5, 5.41) is 3.88. The minimum Gasteiger partial charge on any atom is -0.381 e. The zero-order valence-electron chi connectivity index (χ0n) is 11.8. The Bertz CT molecular complexity index is 221. The molecule has 0 atom stereocenters. The molecule has 2 aliphatic rings. The highest BCUT2D eigenvalue weighted by Gasteiger charge is 2.29. The molecule has 2 rings (SSSR count). The predicted molar refractivity (Wildman–Crippen MR) is 72.2 cm³/mol. The van der Waals surface area contributed by atoms with E-state index in [4.69, 9.17) is 4.74 Å². The Morgan fingerprint density at radius 1 is 0.882 bits per heavy atom. The molecule has 0 aromatic carbocycles. The standard InChI is InChI=1S/C15H29NO/c1-15(2)10-8-13(9-11-15)16-12-4-6-14(17-3)7-5-12/h12-14,16H,4-11H2,1-3H3. The maximum atomic E-state index is 5.43. The van der Waals surface area contributed by atoms with Gasteiger partial charge in [0.1, 0.15) is 0 Å². The molecule has 0 bridgehead atoms. The summed E-state index contributed by atoms with van der Waals surface area (Å²) in [6, 6.07) is 1.54. The van der Waals surface area contributed by atoms with Crippen molar-refractivity contribution in [3.63, 3.8) is 0 Å². The minimum absolute atomic E-state index is 0.526. The van der Waals surface area contributed by atoms with Gasteiger partial charge in [0.2, 0.25) is 0 Å². The average molecular weight is 239 g/mol. The van der Waals surface area contributed by atoms with E-state index in [0.29, 0.717) is 11.5 Å². The van der Waals surface area contributed by atoms with E-state index in [9.17, 15) is 0 Å². The molecule has 0 aromatic heterocycles. The van der Waals surface area contributed by atoms with E-state index in [0.717, 1.165) is 12.1 Å². The molecule has 0 radical (unpaired) electrons. The Balaban J connectivity index is 1.69. The summed E-state index contributed by atoms with van der Waals surface area (Å²) >= 11 is 0. The Morgan fingerprint density at radius 3 is 1.94 bits per heavy atom. The first-order chi connectivity index (χ1) is 8.09. The van der Waals surface area contributed by atoms with Crippen molar-refractivity contribution in [1.29, 1.82) is 0 Å². The van der Waals surface area contributed by atoms with Crippen LogP contribution in [0.1, 0.15) is 65.2 Å². The first-order valence-corrected chi connectivity index (χ1v) is 7.38. The van der Waals surface area contributed by atoms with Gasteiger partial charge in [-0.15, -0.1) is 0 Å². The molecule has 0 unspecified atom stereocenters. The zero-order chi connectivity index (χ0) is 12.3. The van der Waals surface area contributed by atoms with Crippen molar-refractivity contribution < 1.29 is 4.74 Å². The van der Waals surface area contributed by atoms with Gasteiger partial charge in [-0.1, -0.05) is 13.8 Å². The second-order valence-electron chi connectivity index (χ2n) is 6.81. The summed E-state index contributed by atoms with van der Waals surface area (Å²) < 4.78 is 5.43. The van der Waals surface area contributed by atoms with Crippen LogP contribution in [0.25, 0.3) is 0 Å². The van der Waals surface area contributed by atoms with Gasteiger partial charge in [-0.2, -0.15) is 0 Å². The highest BCUT2D eigenvalue weighted by Crippen LogP contribution is 2.35. The lowest BCUT2D eigenvalue weighted by Gasteiger charge is -2.38. The van der Waals surface area contributed by atoms with Crippen LogP contribution in [0.2, 0.25) is 0 Å². The number of hydrogen-bond donors (Lipinski definition) is 1. The number of rotatable bonds is 3. The quantitative estimate of drug-likeness (QED) is 0.814. The van der Waals surface area contributed by atoms with Crippen LogP contribution in [0.4, 0.5) is 0 Å². The fourth-order valence-corrected chi connectivity index (χ4v) is 3.36. The lowest BCUT2D eigenvalue weighted by Crippen LogP contribution is -2.44. The molecule has 0 heterocycles. The van der Waals surface area contributed by atoms with Crippen LogP contribution in [0, 0.1) is 5.41 Å². The normalized spacial score (nSPS) is 34.8. The average Bonchev–Trinajstić information content (AvgIpc) is 2.33. The Labute approximate surface area is 107 Å². The molecule has 100 valence electrons. The van der Waals surface area contributed by atoms with Crippen LogP contribution < -0.4 is 5.32 Å². The van der Waals surface area contributed by atoms with Gasteiger partial charge in [-0.05, 0) is 56.8 Å². The van der Waals surface area contributed by atoms with Gasteiger partial charge in [0.25, 0.3) is 0 Å². The fraction of sp³-hybridized carbons (Fsp3) is 1.00. The third-order valence-corrected chi connectivity index (χ3v) is 4.82. The fourth-order valence-electron chi connectivity index (χ4n) is 3.36. The van der Waals surface area contributed by atoms with Crippen LogP contribution in [0.3, 0.4) is 0 Å². The summed E-state index contributed by atoms with van der Waals surface area (Å²) in [6.45, 7) is 4.82. The maximum Gasteiger partial charge on any atom is 0.0572 e. The summed E-state index contributed by atoms with van der Waals surface area (Å²) in [4.78, 5) is 0.